The Labute approximate surface area is 120 Å². The van der Waals surface area contributed by atoms with Crippen LogP contribution in [0.5, 0.6) is 0 Å². The number of carbonyl (C=O) groups is 2. The maximum absolute atomic E-state index is 12.2. The van der Waals surface area contributed by atoms with E-state index in [0.29, 0.717) is 16.9 Å². The van der Waals surface area contributed by atoms with Gasteiger partial charge in [0.05, 0.1) is 4.88 Å². The quantitative estimate of drug-likeness (QED) is 0.912. The topological polar surface area (TPSA) is 79.3 Å². The van der Waals surface area contributed by atoms with Crippen LogP contribution in [0, 0.1) is 0 Å². The lowest BCUT2D eigenvalue weighted by Gasteiger charge is -2.04. The van der Waals surface area contributed by atoms with Crippen LogP contribution in [0.25, 0.3) is 10.4 Å². The molecule has 0 aliphatic heterocycles. The minimum Gasteiger partial charge on any atom is -0.476 e. The number of carboxylic acid groups (broad SMARTS) is 1. The zero-order valence-corrected chi connectivity index (χ0v) is 11.0. The lowest BCUT2D eigenvalue weighted by atomic mass is 10.1. The highest BCUT2D eigenvalue weighted by atomic mass is 32.1. The van der Waals surface area contributed by atoms with E-state index in [0.717, 1.165) is 0 Å². The largest absolute Gasteiger partial charge is 0.476 e. The molecule has 1 amide bonds. The summed E-state index contributed by atoms with van der Waals surface area (Å²) >= 11 is 0.661. The number of carboxylic acids is 1. The van der Waals surface area contributed by atoms with E-state index in [-0.39, 0.29) is 4.88 Å². The van der Waals surface area contributed by atoms with E-state index >= 15 is 0 Å². The molecule has 0 aliphatic rings. The summed E-state index contributed by atoms with van der Waals surface area (Å²) in [5.41, 5.74) is 0.0728. The molecule has 2 rings (SSSR count). The van der Waals surface area contributed by atoms with Crippen LogP contribution >= 0.6 is 11.3 Å². The molecule has 1 aromatic heterocycles. The molecule has 2 N–H and O–H groups in total. The molecular weight excluding hydrogens is 309 g/mol. The van der Waals surface area contributed by atoms with Crippen LogP contribution in [0.15, 0.2) is 30.3 Å². The number of hydrogen-bond donors (Lipinski definition) is 2. The number of nitrogens with one attached hydrogen (secondary N) is 1. The van der Waals surface area contributed by atoms with Crippen molar-refractivity contribution in [3.63, 3.8) is 0 Å². The maximum atomic E-state index is 12.2. The first-order valence-electron chi connectivity index (χ1n) is 5.46. The first-order chi connectivity index (χ1) is 9.79. The van der Waals surface area contributed by atoms with E-state index in [1.807, 2.05) is 0 Å². The van der Waals surface area contributed by atoms with E-state index in [1.165, 1.54) is 0 Å². The third-order valence-corrected chi connectivity index (χ3v) is 3.36. The number of aromatic nitrogens is 1. The normalized spacial score (nSPS) is 11.2. The third-order valence-electron chi connectivity index (χ3n) is 2.34. The van der Waals surface area contributed by atoms with Crippen molar-refractivity contribution in [1.29, 1.82) is 0 Å². The number of carbonyl (C=O) groups excluding carboxylic acids is 1. The van der Waals surface area contributed by atoms with Gasteiger partial charge in [-0.2, -0.15) is 13.2 Å². The molecule has 110 valence electrons. The van der Waals surface area contributed by atoms with Gasteiger partial charge in [-0.05, 0) is 5.56 Å². The Balaban J connectivity index is 2.39. The Morgan fingerprint density at radius 3 is 2.33 bits per heavy atom. The number of benzene rings is 1. The van der Waals surface area contributed by atoms with Gasteiger partial charge in [-0.1, -0.05) is 41.7 Å². The first kappa shape index (κ1) is 15.0. The summed E-state index contributed by atoms with van der Waals surface area (Å²) in [6.07, 6.45) is -5.07. The van der Waals surface area contributed by atoms with Crippen molar-refractivity contribution in [3.05, 3.63) is 36.0 Å². The van der Waals surface area contributed by atoms with Crippen LogP contribution in [-0.2, 0) is 4.79 Å². The highest BCUT2D eigenvalue weighted by Gasteiger charge is 2.39. The minimum atomic E-state index is -5.07. The average Bonchev–Trinajstić information content (AvgIpc) is 2.83. The average molecular weight is 316 g/mol. The number of hydrogen-bond acceptors (Lipinski definition) is 4. The standard InChI is InChI=1S/C12H7F3N2O3S/c13-12(14,15)10(20)17-11-16-7(9(18)19)8(21-11)6-4-2-1-3-5-6/h1-5H,(H,18,19)(H,16,17,20). The minimum absolute atomic E-state index is 0.167. The molecule has 0 fully saturated rings. The van der Waals surface area contributed by atoms with Gasteiger partial charge in [-0.3, -0.25) is 10.1 Å². The number of rotatable bonds is 3. The number of alkyl halides is 3. The molecule has 1 aromatic carbocycles. The predicted molar refractivity (Wildman–Crippen MR) is 69.2 cm³/mol. The van der Waals surface area contributed by atoms with Gasteiger partial charge in [0.2, 0.25) is 0 Å². The summed E-state index contributed by atoms with van der Waals surface area (Å²) in [6.45, 7) is 0. The van der Waals surface area contributed by atoms with Gasteiger partial charge < -0.3 is 5.11 Å². The van der Waals surface area contributed by atoms with Crippen molar-refractivity contribution in [2.24, 2.45) is 0 Å². The van der Waals surface area contributed by atoms with Crippen LogP contribution in [0.3, 0.4) is 0 Å². The van der Waals surface area contributed by atoms with Gasteiger partial charge in [0.1, 0.15) is 0 Å². The fourth-order valence-corrected chi connectivity index (χ4v) is 2.43. The Bertz CT molecular complexity index is 683. The molecule has 0 atom stereocenters. The summed E-state index contributed by atoms with van der Waals surface area (Å²) < 4.78 is 36.5. The summed E-state index contributed by atoms with van der Waals surface area (Å²) in [5, 5.41) is 10.2. The maximum Gasteiger partial charge on any atom is 0.471 e. The Morgan fingerprint density at radius 1 is 1.19 bits per heavy atom. The van der Waals surface area contributed by atoms with Gasteiger partial charge in [0, 0.05) is 0 Å². The molecule has 0 radical (unpaired) electrons. The fraction of sp³-hybridized carbons (Fsp3) is 0.0833. The van der Waals surface area contributed by atoms with Crippen molar-refractivity contribution in [2.45, 2.75) is 6.18 Å². The Morgan fingerprint density at radius 2 is 1.81 bits per heavy atom. The molecule has 0 saturated carbocycles. The summed E-state index contributed by atoms with van der Waals surface area (Å²) in [7, 11) is 0. The zero-order valence-electron chi connectivity index (χ0n) is 10.1. The number of anilines is 1. The number of thiazole rings is 1. The summed E-state index contributed by atoms with van der Waals surface area (Å²) in [6, 6.07) is 8.19. The molecule has 0 unspecified atom stereocenters. The second-order valence-corrected chi connectivity index (χ2v) is 4.82. The van der Waals surface area contributed by atoms with Crippen molar-refractivity contribution in [1.82, 2.24) is 4.98 Å². The van der Waals surface area contributed by atoms with E-state index in [9.17, 15) is 22.8 Å². The molecule has 5 nitrogen and oxygen atoms in total. The van der Waals surface area contributed by atoms with Crippen molar-refractivity contribution in [2.75, 3.05) is 5.32 Å². The van der Waals surface area contributed by atoms with Crippen molar-refractivity contribution < 1.29 is 27.9 Å². The molecule has 0 spiro atoms. The third kappa shape index (κ3) is 3.37. The van der Waals surface area contributed by atoms with Gasteiger partial charge in [0.25, 0.3) is 0 Å². The van der Waals surface area contributed by atoms with E-state index < -0.39 is 28.9 Å². The van der Waals surface area contributed by atoms with Crippen LogP contribution in [-0.4, -0.2) is 28.1 Å². The van der Waals surface area contributed by atoms with E-state index in [4.69, 9.17) is 5.11 Å². The predicted octanol–water partition coefficient (Wildman–Crippen LogP) is 3.01. The number of halogens is 3. The molecule has 1 heterocycles. The van der Waals surface area contributed by atoms with Crippen LogP contribution < -0.4 is 5.32 Å². The lowest BCUT2D eigenvalue weighted by Crippen LogP contribution is -2.29. The molecular formula is C12H7F3N2O3S. The van der Waals surface area contributed by atoms with E-state index in [2.05, 4.69) is 4.98 Å². The number of aromatic carboxylic acids is 1. The summed E-state index contributed by atoms with van der Waals surface area (Å²) in [5.74, 6) is -3.59. The fourth-order valence-electron chi connectivity index (χ4n) is 1.47. The van der Waals surface area contributed by atoms with Crippen LogP contribution in [0.2, 0.25) is 0 Å². The Hall–Kier alpha value is -2.42. The van der Waals surface area contributed by atoms with Gasteiger partial charge >= 0.3 is 18.1 Å². The van der Waals surface area contributed by atoms with Gasteiger partial charge in [0.15, 0.2) is 10.8 Å². The first-order valence-corrected chi connectivity index (χ1v) is 6.28. The second kappa shape index (κ2) is 5.52. The number of amides is 1. The van der Waals surface area contributed by atoms with Crippen molar-refractivity contribution in [3.8, 4) is 10.4 Å². The molecule has 0 bridgehead atoms. The lowest BCUT2D eigenvalue weighted by molar-refractivity contribution is -0.167. The van der Waals surface area contributed by atoms with Gasteiger partial charge in [-0.25, -0.2) is 9.78 Å². The monoisotopic (exact) mass is 316 g/mol. The highest BCUT2D eigenvalue weighted by molar-refractivity contribution is 7.19. The van der Waals surface area contributed by atoms with Gasteiger partial charge in [-0.15, -0.1) is 0 Å². The molecule has 9 heteroatoms. The van der Waals surface area contributed by atoms with Crippen molar-refractivity contribution >= 4 is 28.3 Å². The highest BCUT2D eigenvalue weighted by Crippen LogP contribution is 2.33. The zero-order chi connectivity index (χ0) is 15.6. The van der Waals surface area contributed by atoms with E-state index in [1.54, 1.807) is 35.6 Å². The molecule has 2 aromatic rings. The second-order valence-electron chi connectivity index (χ2n) is 3.82. The smallest absolute Gasteiger partial charge is 0.471 e. The Kier molecular flexibility index (Phi) is 3.94. The molecule has 21 heavy (non-hydrogen) atoms. The summed E-state index contributed by atoms with van der Waals surface area (Å²) in [4.78, 5) is 25.6. The SMILES string of the molecule is O=C(O)c1nc(NC(=O)C(F)(F)F)sc1-c1ccccc1. The van der Waals surface area contributed by atoms with Crippen LogP contribution in [0.4, 0.5) is 18.3 Å². The van der Waals surface area contributed by atoms with Crippen LogP contribution in [0.1, 0.15) is 10.5 Å². The molecule has 0 saturated heterocycles. The molecule has 0 aliphatic carbocycles. The number of nitrogens with zero attached hydrogens (tertiary/aromatic N) is 1.